The van der Waals surface area contributed by atoms with Gasteiger partial charge in [0.05, 0.1) is 13.0 Å². The minimum atomic E-state index is -0.722. The number of carbonyl (C=O) groups excluding carboxylic acids is 2. The number of pyridine rings is 1. The quantitative estimate of drug-likeness (QED) is 0.351. The Kier molecular flexibility index (Phi) is 7.23. The number of aromatic amines is 1. The first-order valence-electron chi connectivity index (χ1n) is 12.3. The van der Waals surface area contributed by atoms with E-state index >= 15 is 0 Å². The van der Waals surface area contributed by atoms with E-state index < -0.39 is 6.04 Å². The molecular weight excluding hydrogens is 456 g/mol. The van der Waals surface area contributed by atoms with E-state index in [1.807, 2.05) is 60.1 Å². The standard InChI is InChI=1S/C28H30N4O2S/c33-26(17-21-18-30-25-11-5-4-10-24(21)25)32(19-23-9-6-16-35-23)27(20-12-14-29-15-13-20)28(34)31-22-7-2-1-3-8-22/h4-6,9-16,18,22,27,30H,1-3,7-8,17,19H2,(H,31,34)/t27-/m1/s1. The van der Waals surface area contributed by atoms with E-state index in [4.69, 9.17) is 0 Å². The summed E-state index contributed by atoms with van der Waals surface area (Å²) in [6.45, 7) is 0.379. The first-order chi connectivity index (χ1) is 17.2. The van der Waals surface area contributed by atoms with Crippen LogP contribution in [0.25, 0.3) is 10.9 Å². The molecule has 2 amide bonds. The normalized spacial score (nSPS) is 15.1. The number of para-hydroxylation sites is 1. The highest BCUT2D eigenvalue weighted by Crippen LogP contribution is 2.28. The molecule has 0 bridgehead atoms. The highest BCUT2D eigenvalue weighted by Gasteiger charge is 2.33. The van der Waals surface area contributed by atoms with E-state index in [2.05, 4.69) is 15.3 Å². The van der Waals surface area contributed by atoms with Crippen LogP contribution < -0.4 is 5.32 Å². The number of rotatable bonds is 8. The van der Waals surface area contributed by atoms with E-state index in [9.17, 15) is 9.59 Å². The lowest BCUT2D eigenvalue weighted by Crippen LogP contribution is -2.47. The van der Waals surface area contributed by atoms with Crippen LogP contribution >= 0.6 is 11.3 Å². The largest absolute Gasteiger partial charge is 0.361 e. The average molecular weight is 487 g/mol. The number of hydrogen-bond acceptors (Lipinski definition) is 4. The van der Waals surface area contributed by atoms with Gasteiger partial charge in [-0.25, -0.2) is 0 Å². The number of amides is 2. The number of nitrogens with one attached hydrogen (secondary N) is 2. The molecule has 7 heteroatoms. The Bertz CT molecular complexity index is 1260. The van der Waals surface area contributed by atoms with Crippen molar-refractivity contribution in [2.45, 2.75) is 57.2 Å². The van der Waals surface area contributed by atoms with Crippen molar-refractivity contribution in [2.24, 2.45) is 0 Å². The smallest absolute Gasteiger partial charge is 0.247 e. The van der Waals surface area contributed by atoms with Gasteiger partial charge in [0.1, 0.15) is 6.04 Å². The van der Waals surface area contributed by atoms with E-state index in [1.165, 1.54) is 6.42 Å². The maximum atomic E-state index is 13.9. The van der Waals surface area contributed by atoms with Crippen LogP contribution in [0.2, 0.25) is 0 Å². The summed E-state index contributed by atoms with van der Waals surface area (Å²) < 4.78 is 0. The van der Waals surface area contributed by atoms with Gasteiger partial charge in [0.25, 0.3) is 0 Å². The zero-order chi connectivity index (χ0) is 24.0. The number of thiophene rings is 1. The first-order valence-corrected chi connectivity index (χ1v) is 13.1. The first kappa shape index (κ1) is 23.3. The summed E-state index contributed by atoms with van der Waals surface area (Å²) in [6.07, 6.45) is 10.9. The third-order valence-corrected chi connectivity index (χ3v) is 7.64. The Labute approximate surface area is 209 Å². The molecule has 180 valence electrons. The molecule has 1 atom stereocenters. The fraction of sp³-hybridized carbons (Fsp3) is 0.321. The Morgan fingerprint density at radius 1 is 1.06 bits per heavy atom. The number of benzene rings is 1. The maximum absolute atomic E-state index is 13.9. The summed E-state index contributed by atoms with van der Waals surface area (Å²) in [5, 5.41) is 6.30. The van der Waals surface area contributed by atoms with Gasteiger partial charge in [0.2, 0.25) is 11.8 Å². The van der Waals surface area contributed by atoms with Crippen molar-refractivity contribution in [1.29, 1.82) is 0 Å². The van der Waals surface area contributed by atoms with E-state index in [-0.39, 0.29) is 24.3 Å². The van der Waals surface area contributed by atoms with Gasteiger partial charge < -0.3 is 15.2 Å². The zero-order valence-corrected chi connectivity index (χ0v) is 20.5. The summed E-state index contributed by atoms with van der Waals surface area (Å²) in [5.74, 6) is -0.198. The predicted octanol–water partition coefficient (Wildman–Crippen LogP) is 5.39. The molecule has 1 fully saturated rings. The van der Waals surface area contributed by atoms with E-state index in [0.29, 0.717) is 6.54 Å². The molecule has 0 saturated heterocycles. The summed E-state index contributed by atoms with van der Waals surface area (Å²) >= 11 is 1.60. The molecule has 0 spiro atoms. The Morgan fingerprint density at radius 2 is 1.86 bits per heavy atom. The number of hydrogen-bond donors (Lipinski definition) is 2. The third kappa shape index (κ3) is 5.46. The summed E-state index contributed by atoms with van der Waals surface area (Å²) in [6, 6.07) is 15.1. The molecule has 5 rings (SSSR count). The van der Waals surface area contributed by atoms with Crippen molar-refractivity contribution in [1.82, 2.24) is 20.2 Å². The van der Waals surface area contributed by atoms with Crippen molar-refractivity contribution in [3.63, 3.8) is 0 Å². The second-order valence-electron chi connectivity index (χ2n) is 9.16. The predicted molar refractivity (Wildman–Crippen MR) is 139 cm³/mol. The molecule has 6 nitrogen and oxygen atoms in total. The number of nitrogens with zero attached hydrogens (tertiary/aromatic N) is 2. The molecule has 1 saturated carbocycles. The fourth-order valence-electron chi connectivity index (χ4n) is 4.98. The molecule has 0 radical (unpaired) electrons. The summed E-state index contributed by atoms with van der Waals surface area (Å²) in [7, 11) is 0. The summed E-state index contributed by atoms with van der Waals surface area (Å²) in [5.41, 5.74) is 2.71. The lowest BCUT2D eigenvalue weighted by atomic mass is 9.94. The molecule has 4 aromatic rings. The van der Waals surface area contributed by atoms with Crippen molar-refractivity contribution < 1.29 is 9.59 Å². The molecular formula is C28H30N4O2S. The van der Waals surface area contributed by atoms with E-state index in [0.717, 1.165) is 52.6 Å². The lowest BCUT2D eigenvalue weighted by Gasteiger charge is -2.33. The fourth-order valence-corrected chi connectivity index (χ4v) is 5.68. The minimum absolute atomic E-state index is 0.0799. The van der Waals surface area contributed by atoms with Crippen LogP contribution in [0.5, 0.6) is 0 Å². The van der Waals surface area contributed by atoms with Gasteiger partial charge in [0, 0.05) is 40.4 Å². The number of fused-ring (bicyclic) bond motifs is 1. The van der Waals surface area contributed by atoms with Gasteiger partial charge in [-0.05, 0) is 53.6 Å². The minimum Gasteiger partial charge on any atom is -0.361 e. The zero-order valence-electron chi connectivity index (χ0n) is 19.7. The van der Waals surface area contributed by atoms with Gasteiger partial charge in [-0.1, -0.05) is 43.5 Å². The van der Waals surface area contributed by atoms with Crippen LogP contribution in [0, 0.1) is 0 Å². The molecule has 3 aromatic heterocycles. The SMILES string of the molecule is O=C(NC1CCCCC1)[C@@H](c1ccncc1)N(Cc1cccs1)C(=O)Cc1c[nH]c2ccccc12. The van der Waals surface area contributed by atoms with Crippen molar-refractivity contribution in [2.75, 3.05) is 0 Å². The Morgan fingerprint density at radius 3 is 2.63 bits per heavy atom. The topological polar surface area (TPSA) is 78.1 Å². The van der Waals surface area contributed by atoms with Crippen LogP contribution in [0.3, 0.4) is 0 Å². The molecule has 35 heavy (non-hydrogen) atoms. The second kappa shape index (κ2) is 10.9. The molecule has 0 aliphatic heterocycles. The third-order valence-electron chi connectivity index (χ3n) is 6.78. The van der Waals surface area contributed by atoms with Crippen molar-refractivity contribution >= 4 is 34.1 Å². The van der Waals surface area contributed by atoms with Crippen LogP contribution in [-0.4, -0.2) is 32.7 Å². The molecule has 1 aliphatic rings. The summed E-state index contributed by atoms with van der Waals surface area (Å²) in [4.78, 5) is 37.9. The molecule has 3 heterocycles. The number of aromatic nitrogens is 2. The second-order valence-corrected chi connectivity index (χ2v) is 10.2. The molecule has 0 unspecified atom stereocenters. The van der Waals surface area contributed by atoms with Crippen LogP contribution in [0.15, 0.2) is 72.5 Å². The Balaban J connectivity index is 1.48. The van der Waals surface area contributed by atoms with Gasteiger partial charge >= 0.3 is 0 Å². The van der Waals surface area contributed by atoms with E-state index in [1.54, 1.807) is 28.6 Å². The van der Waals surface area contributed by atoms with Crippen molar-refractivity contribution in [3.05, 3.63) is 88.5 Å². The van der Waals surface area contributed by atoms with Crippen LogP contribution in [0.1, 0.15) is 54.1 Å². The number of carbonyl (C=O) groups is 2. The number of H-pyrrole nitrogens is 1. The molecule has 1 aliphatic carbocycles. The van der Waals surface area contributed by atoms with Gasteiger partial charge in [-0.2, -0.15) is 0 Å². The monoisotopic (exact) mass is 486 g/mol. The van der Waals surface area contributed by atoms with Crippen LogP contribution in [0.4, 0.5) is 0 Å². The highest BCUT2D eigenvalue weighted by atomic mass is 32.1. The maximum Gasteiger partial charge on any atom is 0.247 e. The Hall–Kier alpha value is -3.45. The van der Waals surface area contributed by atoms with Crippen molar-refractivity contribution in [3.8, 4) is 0 Å². The highest BCUT2D eigenvalue weighted by molar-refractivity contribution is 7.09. The molecule has 2 N–H and O–H groups in total. The van der Waals surface area contributed by atoms with Gasteiger partial charge in [0.15, 0.2) is 0 Å². The van der Waals surface area contributed by atoms with Gasteiger partial charge in [-0.3, -0.25) is 14.6 Å². The van der Waals surface area contributed by atoms with Crippen LogP contribution in [-0.2, 0) is 22.6 Å². The molecule has 1 aromatic carbocycles. The lowest BCUT2D eigenvalue weighted by molar-refractivity contribution is -0.141. The average Bonchev–Trinajstić information content (AvgIpc) is 3.55. The van der Waals surface area contributed by atoms with Gasteiger partial charge in [-0.15, -0.1) is 11.3 Å².